The van der Waals surface area contributed by atoms with E-state index in [1.807, 2.05) is 0 Å². The molecule has 0 fully saturated rings. The molecular formula is C4H4O10S2Zn2. The summed E-state index contributed by atoms with van der Waals surface area (Å²) in [6.45, 7) is 0. The number of hydrogen-bond acceptors (Lipinski definition) is 10. The molecule has 0 unspecified atom stereocenters. The summed E-state index contributed by atoms with van der Waals surface area (Å²) in [7, 11) is -11.3. The second kappa shape index (κ2) is 10.9. The van der Waals surface area contributed by atoms with Crippen molar-refractivity contribution < 1.29 is 84.7 Å². The molecule has 96 valence electrons. The summed E-state index contributed by atoms with van der Waals surface area (Å²) in [5, 5.41) is 19.0. The second-order valence-electron chi connectivity index (χ2n) is 2.06. The van der Waals surface area contributed by atoms with Crippen LogP contribution in [0.5, 0.6) is 0 Å². The topological polar surface area (TPSA) is 195 Å². The molecule has 0 aliphatic carbocycles. The normalized spacial score (nSPS) is 9.89. The zero-order chi connectivity index (χ0) is 13.6. The maximum atomic E-state index is 9.50. The first-order chi connectivity index (χ1) is 6.88. The van der Waals surface area contributed by atoms with Gasteiger partial charge in [-0.3, -0.25) is 0 Å². The van der Waals surface area contributed by atoms with Crippen LogP contribution in [0.4, 0.5) is 0 Å². The predicted molar refractivity (Wildman–Crippen MR) is 38.6 cm³/mol. The molecule has 0 atom stereocenters. The van der Waals surface area contributed by atoms with E-state index >= 15 is 0 Å². The number of carbonyl (C=O) groups is 2. The average Bonchev–Trinajstić information content (AvgIpc) is 1.98. The molecular weight excluding hydrogens is 403 g/mol. The van der Waals surface area contributed by atoms with E-state index in [0.717, 1.165) is 0 Å². The van der Waals surface area contributed by atoms with E-state index in [0.29, 0.717) is 0 Å². The molecule has 14 heteroatoms. The van der Waals surface area contributed by atoms with Crippen LogP contribution in [0.1, 0.15) is 12.8 Å². The number of aliphatic carboxylic acids is 2. The molecule has 0 saturated heterocycles. The van der Waals surface area contributed by atoms with E-state index in [2.05, 4.69) is 0 Å². The molecule has 10 nitrogen and oxygen atoms in total. The molecule has 0 bridgehead atoms. The molecule has 0 aromatic heterocycles. The molecule has 0 aromatic rings. The van der Waals surface area contributed by atoms with Gasteiger partial charge >= 0.3 is 39.0 Å². The molecule has 0 rings (SSSR count). The Morgan fingerprint density at radius 3 is 0.944 bits per heavy atom. The standard InChI is InChI=1S/C4H6O4.H2O6S2.2Zn/c5-3(6)1-2-4(7)8;1-7(2,3)8(4,5)6;;/h1-2H2,(H,5,6)(H,7,8);(H,1,2,3)(H,4,5,6);;/q;;2*+2/p-4. The Kier molecular flexibility index (Phi) is 16.1. The van der Waals surface area contributed by atoms with Gasteiger partial charge in [0.25, 0.3) is 0 Å². The number of hydrogen-bond donors (Lipinski definition) is 0. The molecule has 18 heavy (non-hydrogen) atoms. The summed E-state index contributed by atoms with van der Waals surface area (Å²) in [6, 6.07) is 0. The van der Waals surface area contributed by atoms with Gasteiger partial charge in [0.05, 0.1) is 0 Å². The van der Waals surface area contributed by atoms with Crippen LogP contribution in [0.25, 0.3) is 0 Å². The van der Waals surface area contributed by atoms with E-state index in [1.54, 1.807) is 0 Å². The number of carboxylic acid groups (broad SMARTS) is 2. The van der Waals surface area contributed by atoms with Crippen LogP contribution in [0.2, 0.25) is 0 Å². The van der Waals surface area contributed by atoms with Crippen molar-refractivity contribution in [1.29, 1.82) is 0 Å². The van der Waals surface area contributed by atoms with Crippen molar-refractivity contribution in [2.75, 3.05) is 0 Å². The van der Waals surface area contributed by atoms with Crippen molar-refractivity contribution in [2.24, 2.45) is 0 Å². The zero-order valence-electron chi connectivity index (χ0n) is 8.73. The summed E-state index contributed by atoms with van der Waals surface area (Å²) in [4.78, 5) is 19.0. The summed E-state index contributed by atoms with van der Waals surface area (Å²) < 4.78 is 55.2. The van der Waals surface area contributed by atoms with Crippen LogP contribution in [-0.2, 0) is 66.8 Å². The number of carboxylic acids is 2. The molecule has 0 aromatic carbocycles. The van der Waals surface area contributed by atoms with Gasteiger partial charge in [0.15, 0.2) is 18.3 Å². The van der Waals surface area contributed by atoms with Crippen molar-refractivity contribution in [3.05, 3.63) is 0 Å². The van der Waals surface area contributed by atoms with Crippen molar-refractivity contribution >= 4 is 30.2 Å². The fraction of sp³-hybridized carbons (Fsp3) is 0.500. The summed E-state index contributed by atoms with van der Waals surface area (Å²) in [5.41, 5.74) is 0. The Morgan fingerprint density at radius 2 is 0.889 bits per heavy atom. The van der Waals surface area contributed by atoms with Crippen LogP contribution >= 0.6 is 0 Å². The van der Waals surface area contributed by atoms with Gasteiger partial charge in [-0.15, -0.1) is 0 Å². The third kappa shape index (κ3) is 18.4. The first-order valence-electron chi connectivity index (χ1n) is 3.19. The van der Waals surface area contributed by atoms with Crippen molar-refractivity contribution in [3.8, 4) is 0 Å². The van der Waals surface area contributed by atoms with E-state index < -0.39 is 43.1 Å². The van der Waals surface area contributed by atoms with E-state index in [4.69, 9.17) is 0 Å². The average molecular weight is 407 g/mol. The van der Waals surface area contributed by atoms with E-state index in [1.165, 1.54) is 0 Å². The first-order valence-corrected chi connectivity index (χ1v) is 6.52. The minimum Gasteiger partial charge on any atom is -0.736 e. The molecule has 0 aliphatic heterocycles. The Balaban J connectivity index is -0.0000000980. The fourth-order valence-corrected chi connectivity index (χ4v) is 0.204. The smallest absolute Gasteiger partial charge is 0.736 e. The Bertz CT molecular complexity index is 406. The Morgan fingerprint density at radius 1 is 0.722 bits per heavy atom. The van der Waals surface area contributed by atoms with Crippen molar-refractivity contribution in [2.45, 2.75) is 12.8 Å². The second-order valence-corrected chi connectivity index (χ2v) is 6.14. The van der Waals surface area contributed by atoms with Gasteiger partial charge in [-0.2, -0.15) is 0 Å². The van der Waals surface area contributed by atoms with Crippen LogP contribution in [0, 0.1) is 0 Å². The van der Waals surface area contributed by atoms with Gasteiger partial charge < -0.3 is 28.9 Å². The largest absolute Gasteiger partial charge is 2.00 e. The number of carbonyl (C=O) groups excluding carboxylic acids is 2. The summed E-state index contributed by atoms with van der Waals surface area (Å²) in [6.07, 6.45) is -0.940. The van der Waals surface area contributed by atoms with E-state index in [9.17, 15) is 45.7 Å². The first kappa shape index (κ1) is 26.5. The molecule has 0 aliphatic rings. The van der Waals surface area contributed by atoms with Gasteiger partial charge in [0, 0.05) is 11.9 Å². The van der Waals surface area contributed by atoms with Gasteiger partial charge in [-0.05, 0) is 12.8 Å². The monoisotopic (exact) mass is 404 g/mol. The minimum absolute atomic E-state index is 0. The molecule has 0 amide bonds. The molecule has 0 heterocycles. The Labute approximate surface area is 127 Å². The van der Waals surface area contributed by atoms with Crippen molar-refractivity contribution in [1.82, 2.24) is 0 Å². The van der Waals surface area contributed by atoms with Gasteiger partial charge in [-0.1, -0.05) is 0 Å². The SMILES string of the molecule is O=C([O-])CCC(=O)[O-].O=S(=O)([O-])S(=O)(=O)[O-].[Zn+2].[Zn+2]. The van der Waals surface area contributed by atoms with E-state index in [-0.39, 0.29) is 39.0 Å². The van der Waals surface area contributed by atoms with Gasteiger partial charge in [-0.25, -0.2) is 16.8 Å². The third-order valence-corrected chi connectivity index (χ3v) is 2.78. The number of rotatable bonds is 4. The summed E-state index contributed by atoms with van der Waals surface area (Å²) in [5.74, 6) is -2.73. The van der Waals surface area contributed by atoms with Crippen LogP contribution < -0.4 is 10.2 Å². The molecule has 0 saturated carbocycles. The third-order valence-electron chi connectivity index (χ3n) is 0.783. The maximum Gasteiger partial charge on any atom is 2.00 e. The van der Waals surface area contributed by atoms with Crippen LogP contribution in [0.3, 0.4) is 0 Å². The minimum atomic E-state index is -5.67. The van der Waals surface area contributed by atoms with Gasteiger partial charge in [0.1, 0.15) is 0 Å². The summed E-state index contributed by atoms with van der Waals surface area (Å²) >= 11 is 0. The fourth-order valence-electron chi connectivity index (χ4n) is 0.204. The molecule has 0 N–H and O–H groups in total. The van der Waals surface area contributed by atoms with Gasteiger partial charge in [0.2, 0.25) is 0 Å². The molecule has 0 radical (unpaired) electrons. The Hall–Kier alpha value is 0.00675. The molecule has 0 spiro atoms. The zero-order valence-corrected chi connectivity index (χ0v) is 16.3. The predicted octanol–water partition coefficient (Wildman–Crippen LogP) is -4.75. The van der Waals surface area contributed by atoms with Crippen LogP contribution in [0.15, 0.2) is 0 Å². The van der Waals surface area contributed by atoms with Crippen molar-refractivity contribution in [3.63, 3.8) is 0 Å². The quantitative estimate of drug-likeness (QED) is 0.248. The van der Waals surface area contributed by atoms with Crippen LogP contribution in [-0.4, -0.2) is 37.9 Å². The maximum absolute atomic E-state index is 9.50.